The van der Waals surface area contributed by atoms with Crippen molar-refractivity contribution >= 4 is 23.3 Å². The van der Waals surface area contributed by atoms with Gasteiger partial charge in [-0.05, 0) is 31.4 Å². The number of aromatic nitrogens is 3. The summed E-state index contributed by atoms with van der Waals surface area (Å²) in [6.45, 7) is 6.17. The number of halogens is 1. The summed E-state index contributed by atoms with van der Waals surface area (Å²) in [4.78, 5) is 16.2. The van der Waals surface area contributed by atoms with Gasteiger partial charge in [0.05, 0.1) is 18.2 Å². The first-order valence-electron chi connectivity index (χ1n) is 7.49. The third kappa shape index (κ3) is 4.07. The van der Waals surface area contributed by atoms with Crippen molar-refractivity contribution in [1.29, 1.82) is 0 Å². The maximum absolute atomic E-state index is 12.2. The van der Waals surface area contributed by atoms with Gasteiger partial charge < -0.3 is 5.32 Å². The average Bonchev–Trinajstić information content (AvgIpc) is 2.83. The molecule has 0 aliphatic heterocycles. The van der Waals surface area contributed by atoms with Crippen LogP contribution in [0.5, 0.6) is 0 Å². The van der Waals surface area contributed by atoms with E-state index in [4.69, 9.17) is 11.6 Å². The Morgan fingerprint density at radius 1 is 1.36 bits per heavy atom. The molecule has 0 aliphatic carbocycles. The van der Waals surface area contributed by atoms with Crippen molar-refractivity contribution < 1.29 is 4.79 Å². The molecule has 118 valence electrons. The maximum Gasteiger partial charge on any atom is 0.229 e. The maximum atomic E-state index is 12.2. The Morgan fingerprint density at radius 3 is 2.68 bits per heavy atom. The lowest BCUT2D eigenvalue weighted by Crippen LogP contribution is -2.19. The zero-order valence-electron chi connectivity index (χ0n) is 13.1. The molecule has 0 spiro atoms. The lowest BCUT2D eigenvalue weighted by Gasteiger charge is -2.17. The molecule has 0 atom stereocenters. The Kier molecular flexibility index (Phi) is 5.55. The quantitative estimate of drug-likeness (QED) is 0.824. The molecular weight excluding hydrogens is 300 g/mol. The minimum atomic E-state index is -0.0868. The number of nitrogens with zero attached hydrogens (tertiary/aromatic N) is 3. The summed E-state index contributed by atoms with van der Waals surface area (Å²) in [6, 6.07) is 5.68. The van der Waals surface area contributed by atoms with Crippen LogP contribution in [0.2, 0.25) is 5.15 Å². The highest BCUT2D eigenvalue weighted by molar-refractivity contribution is 6.29. The summed E-state index contributed by atoms with van der Waals surface area (Å²) in [7, 11) is 0. The van der Waals surface area contributed by atoms with Gasteiger partial charge in [0.1, 0.15) is 11.0 Å². The number of aryl methyl sites for hydroxylation is 1. The number of pyridine rings is 1. The number of anilines is 1. The molecule has 0 aromatic carbocycles. The van der Waals surface area contributed by atoms with Gasteiger partial charge >= 0.3 is 0 Å². The second kappa shape index (κ2) is 7.40. The first-order valence-corrected chi connectivity index (χ1v) is 7.87. The predicted molar refractivity (Wildman–Crippen MR) is 88.2 cm³/mol. The summed E-state index contributed by atoms with van der Waals surface area (Å²) in [5.74, 6) is 0.661. The summed E-state index contributed by atoms with van der Waals surface area (Å²) >= 11 is 5.75. The van der Waals surface area contributed by atoms with E-state index in [1.807, 2.05) is 17.7 Å². The Morgan fingerprint density at radius 2 is 2.09 bits per heavy atom. The molecule has 2 aromatic heterocycles. The zero-order valence-corrected chi connectivity index (χ0v) is 13.9. The van der Waals surface area contributed by atoms with Crippen molar-refractivity contribution in [2.45, 2.75) is 46.1 Å². The molecule has 0 unspecified atom stereocenters. The van der Waals surface area contributed by atoms with Crippen molar-refractivity contribution in [2.75, 3.05) is 5.32 Å². The molecule has 22 heavy (non-hydrogen) atoms. The van der Waals surface area contributed by atoms with Crippen LogP contribution >= 0.6 is 11.6 Å². The number of nitrogens with one attached hydrogen (secondary N) is 1. The summed E-state index contributed by atoms with van der Waals surface area (Å²) in [6.07, 6.45) is 3.83. The fourth-order valence-electron chi connectivity index (χ4n) is 2.41. The Balaban J connectivity index is 2.09. The Labute approximate surface area is 135 Å². The second-order valence-electron chi connectivity index (χ2n) is 5.30. The SMILES string of the molecule is CCC(CC)n1nc(C)cc1NC(=O)Cc1ccc(Cl)nc1. The topological polar surface area (TPSA) is 59.8 Å². The smallest absolute Gasteiger partial charge is 0.229 e. The second-order valence-corrected chi connectivity index (χ2v) is 5.69. The molecular formula is C16H21ClN4O. The third-order valence-corrected chi connectivity index (χ3v) is 3.79. The molecule has 5 nitrogen and oxygen atoms in total. The van der Waals surface area contributed by atoms with Crippen molar-refractivity contribution in [1.82, 2.24) is 14.8 Å². The fraction of sp³-hybridized carbons (Fsp3) is 0.438. The number of carbonyl (C=O) groups excluding carboxylic acids is 1. The number of amides is 1. The highest BCUT2D eigenvalue weighted by Crippen LogP contribution is 2.22. The molecule has 0 aliphatic rings. The molecule has 2 rings (SSSR count). The van der Waals surface area contributed by atoms with E-state index in [2.05, 4.69) is 29.2 Å². The lowest BCUT2D eigenvalue weighted by atomic mass is 10.2. The van der Waals surface area contributed by atoms with Gasteiger partial charge in [0.25, 0.3) is 0 Å². The Hall–Kier alpha value is -1.88. The fourth-order valence-corrected chi connectivity index (χ4v) is 2.52. The van der Waals surface area contributed by atoms with Crippen LogP contribution in [-0.4, -0.2) is 20.7 Å². The Bertz CT molecular complexity index is 632. The summed E-state index contributed by atoms with van der Waals surface area (Å²) in [5.41, 5.74) is 1.72. The molecule has 2 aromatic rings. The first kappa shape index (κ1) is 16.5. The highest BCUT2D eigenvalue weighted by atomic mass is 35.5. The van der Waals surface area contributed by atoms with Crippen LogP contribution in [-0.2, 0) is 11.2 Å². The van der Waals surface area contributed by atoms with Crippen LogP contribution in [0.25, 0.3) is 0 Å². The van der Waals surface area contributed by atoms with E-state index in [0.29, 0.717) is 11.2 Å². The van der Waals surface area contributed by atoms with Crippen LogP contribution in [0, 0.1) is 6.92 Å². The largest absolute Gasteiger partial charge is 0.311 e. The third-order valence-electron chi connectivity index (χ3n) is 3.57. The normalized spacial score (nSPS) is 11.0. The minimum Gasteiger partial charge on any atom is -0.311 e. The molecule has 0 radical (unpaired) electrons. The average molecular weight is 321 g/mol. The first-order chi connectivity index (χ1) is 10.5. The van der Waals surface area contributed by atoms with Gasteiger partial charge in [0.2, 0.25) is 5.91 Å². The molecule has 0 saturated carbocycles. The van der Waals surface area contributed by atoms with E-state index in [9.17, 15) is 4.79 Å². The van der Waals surface area contributed by atoms with Crippen LogP contribution in [0.15, 0.2) is 24.4 Å². The van der Waals surface area contributed by atoms with Gasteiger partial charge in [0.15, 0.2) is 0 Å². The molecule has 1 amide bonds. The molecule has 1 N–H and O–H groups in total. The van der Waals surface area contributed by atoms with E-state index >= 15 is 0 Å². The van der Waals surface area contributed by atoms with Crippen molar-refractivity contribution in [2.24, 2.45) is 0 Å². The van der Waals surface area contributed by atoms with Crippen LogP contribution in [0.4, 0.5) is 5.82 Å². The van der Waals surface area contributed by atoms with Crippen LogP contribution in [0.1, 0.15) is 44.0 Å². The van der Waals surface area contributed by atoms with Gasteiger partial charge in [-0.2, -0.15) is 5.10 Å². The lowest BCUT2D eigenvalue weighted by molar-refractivity contribution is -0.115. The summed E-state index contributed by atoms with van der Waals surface area (Å²) in [5, 5.41) is 7.86. The predicted octanol–water partition coefficient (Wildman–Crippen LogP) is 3.78. The van der Waals surface area contributed by atoms with Crippen molar-refractivity contribution in [3.8, 4) is 0 Å². The van der Waals surface area contributed by atoms with Gasteiger partial charge in [-0.15, -0.1) is 0 Å². The molecule has 6 heteroatoms. The number of carbonyl (C=O) groups is 1. The number of hydrogen-bond donors (Lipinski definition) is 1. The van der Waals surface area contributed by atoms with E-state index in [1.165, 1.54) is 0 Å². The van der Waals surface area contributed by atoms with Crippen LogP contribution < -0.4 is 5.32 Å². The standard InChI is InChI=1S/C16H21ClN4O/c1-4-13(5-2)21-15(8-11(3)20-21)19-16(22)9-12-6-7-14(17)18-10-12/h6-8,10,13H,4-5,9H2,1-3H3,(H,19,22). The van der Waals surface area contributed by atoms with Crippen molar-refractivity contribution in [3.05, 3.63) is 40.8 Å². The zero-order chi connectivity index (χ0) is 16.1. The van der Waals surface area contributed by atoms with E-state index in [-0.39, 0.29) is 12.3 Å². The van der Waals surface area contributed by atoms with E-state index in [1.54, 1.807) is 18.3 Å². The minimum absolute atomic E-state index is 0.0868. The van der Waals surface area contributed by atoms with Gasteiger partial charge in [-0.3, -0.25) is 4.79 Å². The van der Waals surface area contributed by atoms with E-state index in [0.717, 1.165) is 29.9 Å². The number of hydrogen-bond acceptors (Lipinski definition) is 3. The van der Waals surface area contributed by atoms with Gasteiger partial charge in [0, 0.05) is 12.3 Å². The van der Waals surface area contributed by atoms with Gasteiger partial charge in [-0.1, -0.05) is 31.5 Å². The van der Waals surface area contributed by atoms with Crippen LogP contribution in [0.3, 0.4) is 0 Å². The van der Waals surface area contributed by atoms with Gasteiger partial charge in [-0.25, -0.2) is 9.67 Å². The molecule has 2 heterocycles. The molecule has 0 bridgehead atoms. The van der Waals surface area contributed by atoms with E-state index < -0.39 is 0 Å². The number of rotatable bonds is 6. The molecule has 0 saturated heterocycles. The monoisotopic (exact) mass is 320 g/mol. The highest BCUT2D eigenvalue weighted by Gasteiger charge is 2.15. The van der Waals surface area contributed by atoms with Crippen molar-refractivity contribution in [3.63, 3.8) is 0 Å². The molecule has 0 fully saturated rings. The summed E-state index contributed by atoms with van der Waals surface area (Å²) < 4.78 is 1.91.